The minimum Gasteiger partial charge on any atom is -0.493 e. The van der Waals surface area contributed by atoms with Gasteiger partial charge in [0, 0.05) is 29.7 Å². The summed E-state index contributed by atoms with van der Waals surface area (Å²) in [4.78, 5) is 24.8. The molecule has 7 nitrogen and oxygen atoms in total. The van der Waals surface area contributed by atoms with Crippen molar-refractivity contribution in [2.45, 2.75) is 40.3 Å². The van der Waals surface area contributed by atoms with E-state index in [1.807, 2.05) is 25.3 Å². The molecule has 1 atom stereocenters. The van der Waals surface area contributed by atoms with E-state index in [2.05, 4.69) is 5.32 Å². The maximum absolute atomic E-state index is 12.4. The lowest BCUT2D eigenvalue weighted by Crippen LogP contribution is -2.30. The van der Waals surface area contributed by atoms with Crippen molar-refractivity contribution in [1.29, 1.82) is 0 Å². The van der Waals surface area contributed by atoms with Crippen molar-refractivity contribution >= 4 is 17.6 Å². The minimum atomic E-state index is -0.949. The Hall–Kier alpha value is -2.96. The van der Waals surface area contributed by atoms with Crippen molar-refractivity contribution < 1.29 is 23.8 Å². The number of rotatable bonds is 7. The topological polar surface area (TPSA) is 78.8 Å². The zero-order chi connectivity index (χ0) is 20.1. The highest BCUT2D eigenvalue weighted by Crippen LogP contribution is 2.29. The van der Waals surface area contributed by atoms with E-state index >= 15 is 0 Å². The van der Waals surface area contributed by atoms with Gasteiger partial charge in [-0.05, 0) is 45.9 Å². The van der Waals surface area contributed by atoms with E-state index in [1.54, 1.807) is 24.3 Å². The van der Waals surface area contributed by atoms with Crippen molar-refractivity contribution in [3.63, 3.8) is 0 Å². The summed E-state index contributed by atoms with van der Waals surface area (Å²) in [6.45, 7) is 8.10. The van der Waals surface area contributed by atoms with E-state index in [-0.39, 0.29) is 0 Å². The van der Waals surface area contributed by atoms with Crippen molar-refractivity contribution in [3.8, 4) is 11.5 Å². The third-order valence-corrected chi connectivity index (χ3v) is 4.41. The quantitative estimate of drug-likeness (QED) is 0.752. The molecule has 0 saturated carbocycles. The first-order valence-corrected chi connectivity index (χ1v) is 8.72. The molecule has 2 rings (SSSR count). The molecule has 0 aliphatic rings. The van der Waals surface area contributed by atoms with E-state index in [0.717, 1.165) is 17.9 Å². The van der Waals surface area contributed by atoms with Gasteiger partial charge in [0.25, 0.3) is 5.91 Å². The lowest BCUT2D eigenvalue weighted by Gasteiger charge is -2.15. The van der Waals surface area contributed by atoms with Gasteiger partial charge in [0.15, 0.2) is 17.6 Å². The van der Waals surface area contributed by atoms with Crippen molar-refractivity contribution in [2.75, 3.05) is 19.5 Å². The van der Waals surface area contributed by atoms with Crippen LogP contribution in [0.5, 0.6) is 11.5 Å². The second-order valence-corrected chi connectivity index (χ2v) is 6.14. The number of hydrogen-bond acceptors (Lipinski definition) is 5. The number of ether oxygens (including phenoxy) is 3. The molecule has 1 heterocycles. The summed E-state index contributed by atoms with van der Waals surface area (Å²) in [5.74, 6) is 0.103. The molecule has 146 valence electrons. The van der Waals surface area contributed by atoms with E-state index in [0.29, 0.717) is 22.7 Å². The van der Waals surface area contributed by atoms with Crippen molar-refractivity contribution in [1.82, 2.24) is 4.57 Å². The fourth-order valence-corrected chi connectivity index (χ4v) is 2.93. The summed E-state index contributed by atoms with van der Waals surface area (Å²) >= 11 is 0. The Bertz CT molecular complexity index is 841. The van der Waals surface area contributed by atoms with Crippen LogP contribution in [0, 0.1) is 13.8 Å². The van der Waals surface area contributed by atoms with Gasteiger partial charge in [-0.15, -0.1) is 0 Å². The number of amides is 1. The van der Waals surface area contributed by atoms with Crippen LogP contribution in [-0.4, -0.2) is 36.8 Å². The lowest BCUT2D eigenvalue weighted by atomic mass is 10.2. The molecule has 2 aromatic rings. The van der Waals surface area contributed by atoms with Crippen LogP contribution in [0.15, 0.2) is 24.3 Å². The second kappa shape index (κ2) is 8.62. The number of hydrogen-bond donors (Lipinski definition) is 1. The molecular formula is C20H26N2O5. The molecule has 0 fully saturated rings. The van der Waals surface area contributed by atoms with Crippen LogP contribution >= 0.6 is 0 Å². The van der Waals surface area contributed by atoms with Crippen LogP contribution < -0.4 is 14.8 Å². The largest absolute Gasteiger partial charge is 0.493 e. The zero-order valence-electron chi connectivity index (χ0n) is 16.6. The van der Waals surface area contributed by atoms with E-state index in [1.165, 1.54) is 21.1 Å². The van der Waals surface area contributed by atoms with Gasteiger partial charge < -0.3 is 24.1 Å². The molecule has 0 aliphatic carbocycles. The Morgan fingerprint density at radius 3 is 2.33 bits per heavy atom. The molecule has 1 aromatic heterocycles. The van der Waals surface area contributed by atoms with Gasteiger partial charge in [-0.1, -0.05) is 0 Å². The summed E-state index contributed by atoms with van der Waals surface area (Å²) in [6, 6.07) is 6.79. The highest BCUT2D eigenvalue weighted by molar-refractivity contribution is 5.98. The highest BCUT2D eigenvalue weighted by Gasteiger charge is 2.22. The standard InChI is InChI=1S/C20H26N2O5/c1-7-22-12(2)10-16(13(22)3)20(24)27-14(4)19(23)21-15-8-9-17(25-5)18(11-15)26-6/h8-11,14H,7H2,1-6H3,(H,21,23)/t14-/m0/s1. The molecule has 7 heteroatoms. The van der Waals surface area contributed by atoms with Crippen LogP contribution in [0.25, 0.3) is 0 Å². The summed E-state index contributed by atoms with van der Waals surface area (Å²) in [7, 11) is 3.05. The molecule has 1 aromatic carbocycles. The number of benzene rings is 1. The maximum Gasteiger partial charge on any atom is 0.340 e. The molecule has 0 radical (unpaired) electrons. The number of methoxy groups -OCH3 is 2. The normalized spacial score (nSPS) is 11.6. The first kappa shape index (κ1) is 20.4. The number of anilines is 1. The number of esters is 1. The molecule has 0 saturated heterocycles. The highest BCUT2D eigenvalue weighted by atomic mass is 16.5. The van der Waals surface area contributed by atoms with Gasteiger partial charge in [0.2, 0.25) is 0 Å². The molecule has 27 heavy (non-hydrogen) atoms. The smallest absolute Gasteiger partial charge is 0.340 e. The number of nitrogens with zero attached hydrogens (tertiary/aromatic N) is 1. The summed E-state index contributed by atoms with van der Waals surface area (Å²) < 4.78 is 17.7. The van der Waals surface area contributed by atoms with Crippen LogP contribution in [0.2, 0.25) is 0 Å². The van der Waals surface area contributed by atoms with E-state index < -0.39 is 18.0 Å². The van der Waals surface area contributed by atoms with Crippen molar-refractivity contribution in [3.05, 3.63) is 41.2 Å². The summed E-state index contributed by atoms with van der Waals surface area (Å²) in [5, 5.41) is 2.71. The Morgan fingerprint density at radius 1 is 1.11 bits per heavy atom. The monoisotopic (exact) mass is 374 g/mol. The Morgan fingerprint density at radius 2 is 1.78 bits per heavy atom. The first-order chi connectivity index (χ1) is 12.8. The molecular weight excluding hydrogens is 348 g/mol. The van der Waals surface area contributed by atoms with Gasteiger partial charge in [-0.3, -0.25) is 4.79 Å². The fourth-order valence-electron chi connectivity index (χ4n) is 2.93. The lowest BCUT2D eigenvalue weighted by molar-refractivity contribution is -0.123. The molecule has 0 unspecified atom stereocenters. The molecule has 0 bridgehead atoms. The van der Waals surface area contributed by atoms with Gasteiger partial charge in [0.05, 0.1) is 19.8 Å². The van der Waals surface area contributed by atoms with Crippen molar-refractivity contribution in [2.24, 2.45) is 0 Å². The minimum absolute atomic E-state index is 0.431. The molecule has 0 spiro atoms. The molecule has 1 N–H and O–H groups in total. The van der Waals surface area contributed by atoms with Gasteiger partial charge in [0.1, 0.15) is 0 Å². The fraction of sp³-hybridized carbons (Fsp3) is 0.400. The number of aromatic nitrogens is 1. The Labute approximate surface area is 159 Å². The Balaban J connectivity index is 2.06. The SMILES string of the molecule is CCn1c(C)cc(C(=O)O[C@@H](C)C(=O)Nc2ccc(OC)c(OC)c2)c1C. The third-order valence-electron chi connectivity index (χ3n) is 4.41. The number of nitrogens with one attached hydrogen (secondary N) is 1. The van der Waals surface area contributed by atoms with E-state index in [4.69, 9.17) is 14.2 Å². The molecule has 0 aliphatic heterocycles. The van der Waals surface area contributed by atoms with Crippen LogP contribution in [-0.2, 0) is 16.1 Å². The number of carbonyl (C=O) groups is 2. The van der Waals surface area contributed by atoms with Gasteiger partial charge in [-0.2, -0.15) is 0 Å². The van der Waals surface area contributed by atoms with Gasteiger partial charge >= 0.3 is 5.97 Å². The van der Waals surface area contributed by atoms with Crippen LogP contribution in [0.1, 0.15) is 35.6 Å². The maximum atomic E-state index is 12.4. The predicted molar refractivity (Wildman–Crippen MR) is 103 cm³/mol. The van der Waals surface area contributed by atoms with Crippen LogP contribution in [0.3, 0.4) is 0 Å². The average Bonchev–Trinajstić information content (AvgIpc) is 2.94. The third kappa shape index (κ3) is 4.42. The van der Waals surface area contributed by atoms with Gasteiger partial charge in [-0.25, -0.2) is 4.79 Å². The number of carbonyl (C=O) groups excluding carboxylic acids is 2. The summed E-state index contributed by atoms with van der Waals surface area (Å²) in [6.07, 6.45) is -0.949. The second-order valence-electron chi connectivity index (χ2n) is 6.14. The van der Waals surface area contributed by atoms with Crippen LogP contribution in [0.4, 0.5) is 5.69 Å². The Kier molecular flexibility index (Phi) is 6.50. The predicted octanol–water partition coefficient (Wildman–Crippen LogP) is 3.33. The summed E-state index contributed by atoms with van der Waals surface area (Å²) in [5.41, 5.74) is 2.79. The first-order valence-electron chi connectivity index (χ1n) is 8.72. The number of aryl methyl sites for hydroxylation is 1. The molecule has 1 amide bonds. The zero-order valence-corrected chi connectivity index (χ0v) is 16.6. The van der Waals surface area contributed by atoms with E-state index in [9.17, 15) is 9.59 Å². The average molecular weight is 374 g/mol.